The summed E-state index contributed by atoms with van der Waals surface area (Å²) in [5, 5.41) is 10.4. The maximum atomic E-state index is 10.4. The van der Waals surface area contributed by atoms with Crippen molar-refractivity contribution in [1.82, 2.24) is 0 Å². The zero-order valence-electron chi connectivity index (χ0n) is 10.6. The minimum Gasteiger partial charge on any atom is -0.390 e. The number of rotatable bonds is 4. The van der Waals surface area contributed by atoms with Gasteiger partial charge < -0.3 is 5.11 Å². The molecule has 0 heterocycles. The largest absolute Gasteiger partial charge is 0.390 e. The van der Waals surface area contributed by atoms with E-state index in [-0.39, 0.29) is 0 Å². The molecule has 1 saturated carbocycles. The Morgan fingerprint density at radius 3 is 2.25 bits per heavy atom. The predicted octanol–water partition coefficient (Wildman–Crippen LogP) is 3.40. The highest BCUT2D eigenvalue weighted by Gasteiger charge is 2.31. The quantitative estimate of drug-likeness (QED) is 0.821. The minimum atomic E-state index is -0.526. The van der Waals surface area contributed by atoms with E-state index in [1.165, 1.54) is 29.5 Å². The van der Waals surface area contributed by atoms with Crippen molar-refractivity contribution in [2.75, 3.05) is 0 Å². The molecule has 1 aliphatic rings. The smallest absolute Gasteiger partial charge is 0.0662 e. The third-order valence-electron chi connectivity index (χ3n) is 3.29. The highest BCUT2D eigenvalue weighted by molar-refractivity contribution is 5.29. The lowest BCUT2D eigenvalue weighted by Crippen LogP contribution is -2.27. The number of hydrogen-bond donors (Lipinski definition) is 1. The molecule has 1 aromatic carbocycles. The zero-order chi connectivity index (χ0) is 11.8. The fourth-order valence-corrected chi connectivity index (χ4v) is 2.63. The van der Waals surface area contributed by atoms with Crippen LogP contribution in [0.5, 0.6) is 0 Å². The standard InChI is InChI=1S/C15H22O/c1-11-6-12(2)8-14(7-11)10-15(3,16)9-13-4-5-13/h6-8,13,16H,4-5,9-10H2,1-3H3. The van der Waals surface area contributed by atoms with Crippen molar-refractivity contribution in [3.63, 3.8) is 0 Å². The molecular weight excluding hydrogens is 196 g/mol. The van der Waals surface area contributed by atoms with Gasteiger partial charge in [-0.15, -0.1) is 0 Å². The summed E-state index contributed by atoms with van der Waals surface area (Å²) >= 11 is 0. The molecule has 1 N–H and O–H groups in total. The Balaban J connectivity index is 2.06. The Morgan fingerprint density at radius 2 is 1.75 bits per heavy atom. The molecule has 2 rings (SSSR count). The lowest BCUT2D eigenvalue weighted by molar-refractivity contribution is 0.0455. The van der Waals surface area contributed by atoms with Crippen LogP contribution >= 0.6 is 0 Å². The van der Waals surface area contributed by atoms with Crippen LogP contribution in [0.2, 0.25) is 0 Å². The zero-order valence-corrected chi connectivity index (χ0v) is 10.6. The van der Waals surface area contributed by atoms with Gasteiger partial charge in [0.15, 0.2) is 0 Å². The van der Waals surface area contributed by atoms with Gasteiger partial charge >= 0.3 is 0 Å². The molecule has 1 aromatic rings. The summed E-state index contributed by atoms with van der Waals surface area (Å²) in [7, 11) is 0. The van der Waals surface area contributed by atoms with Crippen molar-refractivity contribution in [2.24, 2.45) is 5.92 Å². The number of aryl methyl sites for hydroxylation is 2. The summed E-state index contributed by atoms with van der Waals surface area (Å²) in [4.78, 5) is 0. The van der Waals surface area contributed by atoms with Crippen molar-refractivity contribution in [2.45, 2.75) is 52.1 Å². The second kappa shape index (κ2) is 4.21. The van der Waals surface area contributed by atoms with Gasteiger partial charge in [0.1, 0.15) is 0 Å². The van der Waals surface area contributed by atoms with E-state index in [0.29, 0.717) is 0 Å². The van der Waals surface area contributed by atoms with E-state index in [4.69, 9.17) is 0 Å². The van der Waals surface area contributed by atoms with E-state index in [1.807, 2.05) is 6.92 Å². The van der Waals surface area contributed by atoms with E-state index in [2.05, 4.69) is 32.0 Å². The molecule has 0 amide bonds. The molecule has 0 spiro atoms. The predicted molar refractivity (Wildman–Crippen MR) is 67.6 cm³/mol. The molecule has 1 heteroatoms. The van der Waals surface area contributed by atoms with Crippen LogP contribution in [0.1, 0.15) is 42.9 Å². The molecule has 0 aliphatic heterocycles. The maximum Gasteiger partial charge on any atom is 0.0662 e. The van der Waals surface area contributed by atoms with Gasteiger partial charge in [0.05, 0.1) is 5.60 Å². The fourth-order valence-electron chi connectivity index (χ4n) is 2.63. The van der Waals surface area contributed by atoms with Crippen LogP contribution in [-0.4, -0.2) is 10.7 Å². The first kappa shape index (κ1) is 11.7. The average molecular weight is 218 g/mol. The van der Waals surface area contributed by atoms with Crippen LogP contribution in [0.4, 0.5) is 0 Å². The van der Waals surface area contributed by atoms with Crippen LogP contribution in [0.3, 0.4) is 0 Å². The SMILES string of the molecule is Cc1cc(C)cc(CC(C)(O)CC2CC2)c1. The second-order valence-corrected chi connectivity index (χ2v) is 5.82. The lowest BCUT2D eigenvalue weighted by Gasteiger charge is -2.23. The van der Waals surface area contributed by atoms with Crippen LogP contribution in [-0.2, 0) is 6.42 Å². The Morgan fingerprint density at radius 1 is 1.19 bits per heavy atom. The summed E-state index contributed by atoms with van der Waals surface area (Å²) < 4.78 is 0. The van der Waals surface area contributed by atoms with Gasteiger partial charge in [-0.25, -0.2) is 0 Å². The summed E-state index contributed by atoms with van der Waals surface area (Å²) in [5.41, 5.74) is 3.32. The maximum absolute atomic E-state index is 10.4. The molecule has 0 aromatic heterocycles. The Hall–Kier alpha value is -0.820. The van der Waals surface area contributed by atoms with Gasteiger partial charge in [-0.05, 0) is 38.7 Å². The third-order valence-corrected chi connectivity index (χ3v) is 3.29. The normalized spacial score (nSPS) is 19.5. The van der Waals surface area contributed by atoms with Crippen LogP contribution in [0.15, 0.2) is 18.2 Å². The van der Waals surface area contributed by atoms with Crippen LogP contribution in [0.25, 0.3) is 0 Å². The molecule has 1 fully saturated rings. The van der Waals surface area contributed by atoms with Gasteiger partial charge in [-0.3, -0.25) is 0 Å². The van der Waals surface area contributed by atoms with E-state index >= 15 is 0 Å². The van der Waals surface area contributed by atoms with Gasteiger partial charge in [0, 0.05) is 6.42 Å². The van der Waals surface area contributed by atoms with Crippen LogP contribution in [0, 0.1) is 19.8 Å². The molecule has 1 unspecified atom stereocenters. The number of aliphatic hydroxyl groups is 1. The summed E-state index contributed by atoms with van der Waals surface area (Å²) in [6.07, 6.45) is 4.36. The summed E-state index contributed by atoms with van der Waals surface area (Å²) in [6, 6.07) is 6.56. The van der Waals surface area contributed by atoms with Gasteiger partial charge in [-0.2, -0.15) is 0 Å². The lowest BCUT2D eigenvalue weighted by atomic mass is 9.90. The fraction of sp³-hybridized carbons (Fsp3) is 0.600. The van der Waals surface area contributed by atoms with Gasteiger partial charge in [0.2, 0.25) is 0 Å². The van der Waals surface area contributed by atoms with E-state index < -0.39 is 5.60 Å². The molecule has 1 atom stereocenters. The first-order valence-corrected chi connectivity index (χ1v) is 6.24. The molecule has 0 saturated heterocycles. The average Bonchev–Trinajstić information content (AvgIpc) is 2.83. The molecule has 88 valence electrons. The Labute approximate surface area is 98.5 Å². The van der Waals surface area contributed by atoms with Crippen LogP contribution < -0.4 is 0 Å². The molecule has 0 radical (unpaired) electrons. The van der Waals surface area contributed by atoms with E-state index in [9.17, 15) is 5.11 Å². The second-order valence-electron chi connectivity index (χ2n) is 5.82. The van der Waals surface area contributed by atoms with Crippen molar-refractivity contribution >= 4 is 0 Å². The highest BCUT2D eigenvalue weighted by atomic mass is 16.3. The molecule has 1 aliphatic carbocycles. The Kier molecular flexibility index (Phi) is 3.07. The topological polar surface area (TPSA) is 20.2 Å². The van der Waals surface area contributed by atoms with Crippen molar-refractivity contribution in [1.29, 1.82) is 0 Å². The van der Waals surface area contributed by atoms with Gasteiger partial charge in [-0.1, -0.05) is 42.2 Å². The molecular formula is C15H22O. The van der Waals surface area contributed by atoms with Crippen molar-refractivity contribution in [3.8, 4) is 0 Å². The highest BCUT2D eigenvalue weighted by Crippen LogP contribution is 2.37. The summed E-state index contributed by atoms with van der Waals surface area (Å²) in [6.45, 7) is 6.21. The minimum absolute atomic E-state index is 0.526. The monoisotopic (exact) mass is 218 g/mol. The first-order chi connectivity index (χ1) is 7.44. The molecule has 1 nitrogen and oxygen atoms in total. The number of hydrogen-bond acceptors (Lipinski definition) is 1. The molecule has 0 bridgehead atoms. The molecule has 16 heavy (non-hydrogen) atoms. The number of benzene rings is 1. The van der Waals surface area contributed by atoms with E-state index in [1.54, 1.807) is 0 Å². The summed E-state index contributed by atoms with van der Waals surface area (Å²) in [5.74, 6) is 0.779. The third kappa shape index (κ3) is 3.34. The Bertz CT molecular complexity index is 355. The van der Waals surface area contributed by atoms with E-state index in [0.717, 1.165) is 18.8 Å². The first-order valence-electron chi connectivity index (χ1n) is 6.24. The van der Waals surface area contributed by atoms with Crippen molar-refractivity contribution < 1.29 is 5.11 Å². The van der Waals surface area contributed by atoms with Gasteiger partial charge in [0.25, 0.3) is 0 Å². The van der Waals surface area contributed by atoms with Crippen molar-refractivity contribution in [3.05, 3.63) is 34.9 Å².